The van der Waals surface area contributed by atoms with Crippen LogP contribution in [0, 0.1) is 17.7 Å². The highest BCUT2D eigenvalue weighted by molar-refractivity contribution is 5.93. The van der Waals surface area contributed by atoms with Gasteiger partial charge in [0.05, 0.1) is 16.9 Å². The van der Waals surface area contributed by atoms with Crippen LogP contribution in [0.3, 0.4) is 0 Å². The summed E-state index contributed by atoms with van der Waals surface area (Å²) in [7, 11) is 0. The van der Waals surface area contributed by atoms with E-state index in [9.17, 15) is 14.0 Å². The molecular weight excluding hydrogens is 433 g/mol. The molecule has 0 aliphatic heterocycles. The maximum Gasteiger partial charge on any atom is 0.309 e. The van der Waals surface area contributed by atoms with E-state index < -0.39 is 5.97 Å². The molecular formula is C27H30FN3O3. The summed E-state index contributed by atoms with van der Waals surface area (Å²) in [6.07, 6.45) is 4.75. The molecule has 1 N–H and O–H groups in total. The van der Waals surface area contributed by atoms with Crippen molar-refractivity contribution in [3.63, 3.8) is 0 Å². The molecule has 1 aliphatic rings. The summed E-state index contributed by atoms with van der Waals surface area (Å²) in [5.41, 5.74) is 3.62. The SMILES string of the molecule is CC(=O)Oc1c(-c2ccc(NC(=O)C3CCCC3)cc2)c(CC(C)C)nn1-c1ccc(F)cc1. The minimum Gasteiger partial charge on any atom is -0.407 e. The molecule has 4 rings (SSSR count). The smallest absolute Gasteiger partial charge is 0.309 e. The summed E-state index contributed by atoms with van der Waals surface area (Å²) in [6.45, 7) is 5.53. The lowest BCUT2D eigenvalue weighted by atomic mass is 9.99. The normalized spacial score (nSPS) is 13.9. The van der Waals surface area contributed by atoms with Crippen LogP contribution in [0.4, 0.5) is 10.1 Å². The first-order valence-corrected chi connectivity index (χ1v) is 11.8. The van der Waals surface area contributed by atoms with Crippen molar-refractivity contribution >= 4 is 17.6 Å². The summed E-state index contributed by atoms with van der Waals surface area (Å²) in [4.78, 5) is 24.5. The van der Waals surface area contributed by atoms with Gasteiger partial charge in [0.25, 0.3) is 0 Å². The van der Waals surface area contributed by atoms with Crippen molar-refractivity contribution in [2.45, 2.75) is 52.9 Å². The van der Waals surface area contributed by atoms with E-state index in [0.717, 1.165) is 42.6 Å². The number of carbonyl (C=O) groups excluding carboxylic acids is 2. The number of nitrogens with one attached hydrogen (secondary N) is 1. The third-order valence-electron chi connectivity index (χ3n) is 6.00. The van der Waals surface area contributed by atoms with Gasteiger partial charge in [0.15, 0.2) is 0 Å². The van der Waals surface area contributed by atoms with Crippen LogP contribution in [-0.2, 0) is 16.0 Å². The van der Waals surface area contributed by atoms with Crippen LogP contribution in [0.2, 0.25) is 0 Å². The molecule has 1 amide bonds. The molecule has 6 nitrogen and oxygen atoms in total. The van der Waals surface area contributed by atoms with Gasteiger partial charge in [-0.2, -0.15) is 9.78 Å². The number of nitrogens with zero attached hydrogens (tertiary/aromatic N) is 2. The van der Waals surface area contributed by atoms with Crippen LogP contribution in [0.15, 0.2) is 48.5 Å². The van der Waals surface area contributed by atoms with Gasteiger partial charge in [0, 0.05) is 18.5 Å². The fourth-order valence-corrected chi connectivity index (χ4v) is 4.41. The number of halogens is 1. The number of amides is 1. The largest absolute Gasteiger partial charge is 0.407 e. The quantitative estimate of drug-likeness (QED) is 0.441. The van der Waals surface area contributed by atoms with Gasteiger partial charge in [-0.3, -0.25) is 9.59 Å². The lowest BCUT2D eigenvalue weighted by Crippen LogP contribution is -2.20. The Hall–Kier alpha value is -3.48. The van der Waals surface area contributed by atoms with Crippen LogP contribution in [0.5, 0.6) is 5.88 Å². The van der Waals surface area contributed by atoms with Crippen molar-refractivity contribution in [3.8, 4) is 22.7 Å². The van der Waals surface area contributed by atoms with Crippen LogP contribution in [0.25, 0.3) is 16.8 Å². The molecule has 0 spiro atoms. The average Bonchev–Trinajstić information content (AvgIpc) is 3.43. The van der Waals surface area contributed by atoms with E-state index in [-0.39, 0.29) is 23.5 Å². The van der Waals surface area contributed by atoms with Gasteiger partial charge in [-0.1, -0.05) is 38.8 Å². The summed E-state index contributed by atoms with van der Waals surface area (Å²) in [5, 5.41) is 7.76. The zero-order valence-corrected chi connectivity index (χ0v) is 19.8. The van der Waals surface area contributed by atoms with Crippen molar-refractivity contribution in [2.24, 2.45) is 11.8 Å². The number of aromatic nitrogens is 2. The van der Waals surface area contributed by atoms with Gasteiger partial charge < -0.3 is 10.1 Å². The van der Waals surface area contributed by atoms with Crippen LogP contribution >= 0.6 is 0 Å². The molecule has 0 unspecified atom stereocenters. The van der Waals surface area contributed by atoms with Gasteiger partial charge in [-0.25, -0.2) is 4.39 Å². The molecule has 0 saturated heterocycles. The molecule has 0 radical (unpaired) electrons. The van der Waals surface area contributed by atoms with Crippen molar-refractivity contribution in [1.29, 1.82) is 0 Å². The lowest BCUT2D eigenvalue weighted by Gasteiger charge is -2.12. The van der Waals surface area contributed by atoms with Gasteiger partial charge in [-0.15, -0.1) is 0 Å². The Kier molecular flexibility index (Phi) is 7.10. The first kappa shape index (κ1) is 23.7. The zero-order chi connectivity index (χ0) is 24.2. The van der Waals surface area contributed by atoms with Crippen LogP contribution < -0.4 is 10.1 Å². The van der Waals surface area contributed by atoms with Crippen LogP contribution in [-0.4, -0.2) is 21.7 Å². The minimum absolute atomic E-state index is 0.0653. The first-order chi connectivity index (χ1) is 16.3. The molecule has 0 bridgehead atoms. The van der Waals surface area contributed by atoms with E-state index in [1.165, 1.54) is 19.1 Å². The summed E-state index contributed by atoms with van der Waals surface area (Å²) >= 11 is 0. The Morgan fingerprint density at radius 2 is 1.74 bits per heavy atom. The number of ether oxygens (including phenoxy) is 1. The topological polar surface area (TPSA) is 73.2 Å². The molecule has 0 atom stereocenters. The van der Waals surface area contributed by atoms with E-state index >= 15 is 0 Å². The minimum atomic E-state index is -0.471. The highest BCUT2D eigenvalue weighted by atomic mass is 19.1. The molecule has 1 heterocycles. The first-order valence-electron chi connectivity index (χ1n) is 11.8. The van der Waals surface area contributed by atoms with Gasteiger partial charge in [-0.05, 0) is 67.1 Å². The molecule has 2 aromatic carbocycles. The number of esters is 1. The molecule has 7 heteroatoms. The highest BCUT2D eigenvalue weighted by Crippen LogP contribution is 2.37. The number of carbonyl (C=O) groups is 2. The number of rotatable bonds is 7. The third kappa shape index (κ3) is 5.35. The Labute approximate surface area is 199 Å². The Balaban J connectivity index is 1.73. The molecule has 1 saturated carbocycles. The second-order valence-electron chi connectivity index (χ2n) is 9.25. The van der Waals surface area contributed by atoms with Gasteiger partial charge in [0.2, 0.25) is 11.8 Å². The molecule has 3 aromatic rings. The highest BCUT2D eigenvalue weighted by Gasteiger charge is 2.25. The molecule has 34 heavy (non-hydrogen) atoms. The van der Waals surface area contributed by atoms with Crippen molar-refractivity contribution < 1.29 is 18.7 Å². The Morgan fingerprint density at radius 3 is 2.32 bits per heavy atom. The van der Waals surface area contributed by atoms with E-state index in [1.54, 1.807) is 16.8 Å². The zero-order valence-electron chi connectivity index (χ0n) is 19.8. The number of anilines is 1. The summed E-state index contributed by atoms with van der Waals surface area (Å²) in [5.74, 6) is -0.0795. The maximum absolute atomic E-state index is 13.5. The second kappa shape index (κ2) is 10.2. The van der Waals surface area contributed by atoms with Crippen LogP contribution in [0.1, 0.15) is 52.1 Å². The molecule has 1 aromatic heterocycles. The monoisotopic (exact) mass is 463 g/mol. The molecule has 178 valence electrons. The standard InChI is InChI=1S/C27H30FN3O3/c1-17(2)16-24-25(19-8-12-22(13-9-19)29-26(33)20-6-4-5-7-20)27(34-18(3)32)31(30-24)23-14-10-21(28)11-15-23/h8-15,17,20H,4-7,16H2,1-3H3,(H,29,33). The number of hydrogen-bond donors (Lipinski definition) is 1. The predicted octanol–water partition coefficient (Wildman–Crippen LogP) is 5.93. The molecule has 1 fully saturated rings. The fourth-order valence-electron chi connectivity index (χ4n) is 4.41. The van der Waals surface area contributed by atoms with E-state index in [4.69, 9.17) is 9.84 Å². The average molecular weight is 464 g/mol. The Morgan fingerprint density at radius 1 is 1.09 bits per heavy atom. The maximum atomic E-state index is 13.5. The molecule has 1 aliphatic carbocycles. The van der Waals surface area contributed by atoms with Gasteiger partial charge >= 0.3 is 5.97 Å². The van der Waals surface area contributed by atoms with Crippen molar-refractivity contribution in [1.82, 2.24) is 9.78 Å². The number of hydrogen-bond acceptors (Lipinski definition) is 4. The number of benzene rings is 2. The summed E-state index contributed by atoms with van der Waals surface area (Å²) < 4.78 is 20.7. The fraction of sp³-hybridized carbons (Fsp3) is 0.370. The van der Waals surface area contributed by atoms with E-state index in [1.807, 2.05) is 24.3 Å². The van der Waals surface area contributed by atoms with Crippen molar-refractivity contribution in [3.05, 3.63) is 60.0 Å². The lowest BCUT2D eigenvalue weighted by molar-refractivity contribution is -0.132. The Bertz CT molecular complexity index is 1160. The van der Waals surface area contributed by atoms with Gasteiger partial charge in [0.1, 0.15) is 5.82 Å². The van der Waals surface area contributed by atoms with E-state index in [0.29, 0.717) is 23.6 Å². The second-order valence-corrected chi connectivity index (χ2v) is 9.25. The van der Waals surface area contributed by atoms with E-state index in [2.05, 4.69) is 19.2 Å². The third-order valence-corrected chi connectivity index (χ3v) is 6.00. The summed E-state index contributed by atoms with van der Waals surface area (Å²) in [6, 6.07) is 13.4. The van der Waals surface area contributed by atoms with Crippen molar-refractivity contribution in [2.75, 3.05) is 5.32 Å². The predicted molar refractivity (Wildman–Crippen MR) is 129 cm³/mol.